The smallest absolute Gasteiger partial charge is 0.406 e. The topological polar surface area (TPSA) is 58.6 Å². The summed E-state index contributed by atoms with van der Waals surface area (Å²) in [6.45, 7) is 1.64. The molecule has 27 heavy (non-hydrogen) atoms. The third kappa shape index (κ3) is 7.11. The number of likely N-dealkylation sites (tertiary alicyclic amines) is 1. The van der Waals surface area contributed by atoms with Crippen LogP contribution in [0.3, 0.4) is 0 Å². The Labute approximate surface area is 156 Å². The van der Waals surface area contributed by atoms with Gasteiger partial charge in [-0.05, 0) is 30.5 Å². The van der Waals surface area contributed by atoms with E-state index in [1.54, 1.807) is 0 Å². The van der Waals surface area contributed by atoms with Gasteiger partial charge in [0.2, 0.25) is 11.8 Å². The van der Waals surface area contributed by atoms with Crippen LogP contribution in [0, 0.1) is 5.92 Å². The Hall–Kier alpha value is -2.25. The zero-order valence-electron chi connectivity index (χ0n) is 15.3. The molecule has 0 aromatic heterocycles. The Morgan fingerprint density at radius 3 is 2.63 bits per heavy atom. The van der Waals surface area contributed by atoms with Gasteiger partial charge in [0.1, 0.15) is 12.3 Å². The Kier molecular flexibility index (Phi) is 7.50. The number of halogens is 3. The molecule has 5 nitrogen and oxygen atoms in total. The van der Waals surface area contributed by atoms with Crippen molar-refractivity contribution in [2.45, 2.75) is 38.8 Å². The number of carbonyl (C=O) groups excluding carboxylic acids is 2. The Balaban J connectivity index is 1.72. The normalized spacial score (nSPS) is 17.3. The minimum Gasteiger partial charge on any atom is -0.494 e. The Morgan fingerprint density at radius 2 is 2.00 bits per heavy atom. The number of unbranched alkanes of at least 4 members (excludes halogenated alkanes) is 1. The van der Waals surface area contributed by atoms with E-state index in [0.717, 1.165) is 24.2 Å². The van der Waals surface area contributed by atoms with Crippen LogP contribution in [0.5, 0.6) is 5.75 Å². The summed E-state index contributed by atoms with van der Waals surface area (Å²) in [5.41, 5.74) is 1.01. The number of amides is 2. The van der Waals surface area contributed by atoms with E-state index in [2.05, 4.69) is 12.2 Å². The van der Waals surface area contributed by atoms with Crippen LogP contribution in [0.1, 0.15) is 31.7 Å². The molecule has 0 aliphatic carbocycles. The van der Waals surface area contributed by atoms with Crippen LogP contribution in [0.15, 0.2) is 24.3 Å². The molecule has 2 rings (SSSR count). The van der Waals surface area contributed by atoms with Crippen molar-refractivity contribution in [1.82, 2.24) is 10.2 Å². The molecule has 1 aromatic rings. The largest absolute Gasteiger partial charge is 0.494 e. The molecule has 1 N–H and O–H groups in total. The summed E-state index contributed by atoms with van der Waals surface area (Å²) >= 11 is 0. The summed E-state index contributed by atoms with van der Waals surface area (Å²) in [7, 11) is 0. The van der Waals surface area contributed by atoms with Crippen LogP contribution in [-0.2, 0) is 16.0 Å². The lowest BCUT2D eigenvalue weighted by molar-refractivity contribution is -0.157. The molecule has 1 aliphatic rings. The maximum Gasteiger partial charge on any atom is 0.406 e. The standard InChI is InChI=1S/C19H25F3N2O3/c1-2-3-10-27-16-6-4-14(5-7-16)8-9-23-18(26)15-11-17(25)24(12-15)13-19(20,21)22/h4-7,15H,2-3,8-13H2,1H3,(H,23,26). The van der Waals surface area contributed by atoms with Crippen molar-refractivity contribution in [3.63, 3.8) is 0 Å². The molecule has 0 spiro atoms. The zero-order chi connectivity index (χ0) is 19.9. The van der Waals surface area contributed by atoms with E-state index in [-0.39, 0.29) is 18.9 Å². The quantitative estimate of drug-likeness (QED) is 0.664. The molecule has 0 bridgehead atoms. The van der Waals surface area contributed by atoms with Crippen molar-refractivity contribution in [2.24, 2.45) is 5.92 Å². The second-order valence-corrected chi connectivity index (χ2v) is 6.68. The molecule has 1 unspecified atom stereocenters. The average Bonchev–Trinajstić information content (AvgIpc) is 2.95. The van der Waals surface area contributed by atoms with Crippen molar-refractivity contribution in [3.8, 4) is 5.75 Å². The van der Waals surface area contributed by atoms with Gasteiger partial charge in [0.05, 0.1) is 12.5 Å². The highest BCUT2D eigenvalue weighted by Gasteiger charge is 2.40. The SMILES string of the molecule is CCCCOc1ccc(CCNC(=O)C2CC(=O)N(CC(F)(F)F)C2)cc1. The molecule has 1 saturated heterocycles. The molecule has 8 heteroatoms. The predicted molar refractivity (Wildman–Crippen MR) is 94.3 cm³/mol. The molecular weight excluding hydrogens is 361 g/mol. The summed E-state index contributed by atoms with van der Waals surface area (Å²) in [6.07, 6.45) is -1.97. The van der Waals surface area contributed by atoms with E-state index < -0.39 is 24.5 Å². The number of nitrogens with zero attached hydrogens (tertiary/aromatic N) is 1. The number of benzene rings is 1. The van der Waals surface area contributed by atoms with Gasteiger partial charge in [0.15, 0.2) is 0 Å². The van der Waals surface area contributed by atoms with Gasteiger partial charge >= 0.3 is 6.18 Å². The molecule has 1 fully saturated rings. The molecular formula is C19H25F3N2O3. The third-order valence-corrected chi connectivity index (χ3v) is 4.36. The molecule has 0 saturated carbocycles. The summed E-state index contributed by atoms with van der Waals surface area (Å²) in [5, 5.41) is 2.70. The first-order chi connectivity index (χ1) is 12.8. The molecule has 0 radical (unpaired) electrons. The van der Waals surface area contributed by atoms with Crippen LogP contribution < -0.4 is 10.1 Å². The van der Waals surface area contributed by atoms with Gasteiger partial charge in [0, 0.05) is 19.5 Å². The van der Waals surface area contributed by atoms with Gasteiger partial charge < -0.3 is 15.0 Å². The fourth-order valence-corrected chi connectivity index (χ4v) is 2.88. The molecule has 150 valence electrons. The predicted octanol–water partition coefficient (Wildman–Crippen LogP) is 2.94. The highest BCUT2D eigenvalue weighted by Crippen LogP contribution is 2.24. The molecule has 1 aromatic carbocycles. The van der Waals surface area contributed by atoms with E-state index in [9.17, 15) is 22.8 Å². The first kappa shape index (κ1) is 21.1. The van der Waals surface area contributed by atoms with Gasteiger partial charge in [-0.15, -0.1) is 0 Å². The van der Waals surface area contributed by atoms with Crippen LogP contribution in [-0.4, -0.2) is 49.1 Å². The van der Waals surface area contributed by atoms with Crippen molar-refractivity contribution in [1.29, 1.82) is 0 Å². The number of alkyl halides is 3. The highest BCUT2D eigenvalue weighted by atomic mass is 19.4. The molecule has 2 amide bonds. The number of hydrogen-bond acceptors (Lipinski definition) is 3. The van der Waals surface area contributed by atoms with Crippen molar-refractivity contribution < 1.29 is 27.5 Å². The number of hydrogen-bond donors (Lipinski definition) is 1. The van der Waals surface area contributed by atoms with Gasteiger partial charge in [-0.3, -0.25) is 9.59 Å². The van der Waals surface area contributed by atoms with Crippen LogP contribution in [0.25, 0.3) is 0 Å². The number of nitrogens with one attached hydrogen (secondary N) is 1. The van der Waals surface area contributed by atoms with Crippen molar-refractivity contribution in [2.75, 3.05) is 26.2 Å². The third-order valence-electron chi connectivity index (χ3n) is 4.36. The molecule has 1 heterocycles. The summed E-state index contributed by atoms with van der Waals surface area (Å²) < 4.78 is 42.8. The highest BCUT2D eigenvalue weighted by molar-refractivity contribution is 5.89. The fourth-order valence-electron chi connectivity index (χ4n) is 2.88. The lowest BCUT2D eigenvalue weighted by Crippen LogP contribution is -2.37. The lowest BCUT2D eigenvalue weighted by atomic mass is 10.1. The van der Waals surface area contributed by atoms with E-state index in [4.69, 9.17) is 4.74 Å². The van der Waals surface area contributed by atoms with Crippen LogP contribution in [0.2, 0.25) is 0 Å². The van der Waals surface area contributed by atoms with E-state index in [1.807, 2.05) is 24.3 Å². The monoisotopic (exact) mass is 386 g/mol. The van der Waals surface area contributed by atoms with Crippen molar-refractivity contribution >= 4 is 11.8 Å². The van der Waals surface area contributed by atoms with E-state index >= 15 is 0 Å². The van der Waals surface area contributed by atoms with E-state index in [0.29, 0.717) is 24.5 Å². The number of rotatable bonds is 9. The van der Waals surface area contributed by atoms with Gasteiger partial charge in [0.25, 0.3) is 0 Å². The van der Waals surface area contributed by atoms with Gasteiger partial charge in [-0.2, -0.15) is 13.2 Å². The fraction of sp³-hybridized carbons (Fsp3) is 0.579. The second-order valence-electron chi connectivity index (χ2n) is 6.68. The van der Waals surface area contributed by atoms with E-state index in [1.165, 1.54) is 0 Å². The lowest BCUT2D eigenvalue weighted by Gasteiger charge is -2.18. The second kappa shape index (κ2) is 9.62. The van der Waals surface area contributed by atoms with Crippen LogP contribution in [0.4, 0.5) is 13.2 Å². The molecule has 1 aliphatic heterocycles. The minimum absolute atomic E-state index is 0.175. The van der Waals surface area contributed by atoms with Gasteiger partial charge in [-0.25, -0.2) is 0 Å². The first-order valence-corrected chi connectivity index (χ1v) is 9.12. The Morgan fingerprint density at radius 1 is 1.30 bits per heavy atom. The minimum atomic E-state index is -4.45. The Bertz CT molecular complexity index is 632. The molecule has 1 atom stereocenters. The summed E-state index contributed by atoms with van der Waals surface area (Å²) in [5.74, 6) is -0.946. The van der Waals surface area contributed by atoms with Crippen LogP contribution >= 0.6 is 0 Å². The van der Waals surface area contributed by atoms with Gasteiger partial charge in [-0.1, -0.05) is 25.5 Å². The average molecular weight is 386 g/mol. The number of ether oxygens (including phenoxy) is 1. The maximum atomic E-state index is 12.4. The maximum absolute atomic E-state index is 12.4. The number of carbonyl (C=O) groups is 2. The zero-order valence-corrected chi connectivity index (χ0v) is 15.3. The van der Waals surface area contributed by atoms with Crippen molar-refractivity contribution in [3.05, 3.63) is 29.8 Å². The summed E-state index contributed by atoms with van der Waals surface area (Å²) in [6, 6.07) is 7.57. The first-order valence-electron chi connectivity index (χ1n) is 9.12. The summed E-state index contributed by atoms with van der Waals surface area (Å²) in [4.78, 5) is 24.4.